The Bertz CT molecular complexity index is 644. The zero-order valence-corrected chi connectivity index (χ0v) is 12.9. The average molecular weight is 368 g/mol. The van der Waals surface area contributed by atoms with Crippen LogP contribution in [-0.4, -0.2) is 13.4 Å². The van der Waals surface area contributed by atoms with Gasteiger partial charge in [-0.15, -0.1) is 11.3 Å². The first-order valence-corrected chi connectivity index (χ1v) is 8.35. The van der Waals surface area contributed by atoms with Gasteiger partial charge in [-0.05, 0) is 33.4 Å². The molecule has 0 bridgehead atoms. The molecule has 2 aromatic heterocycles. The highest BCUT2D eigenvalue weighted by Gasteiger charge is 2.19. The molecule has 0 amide bonds. The zero-order chi connectivity index (χ0) is 13.2. The van der Waals surface area contributed by atoms with E-state index in [2.05, 4.69) is 25.6 Å². The van der Waals surface area contributed by atoms with Gasteiger partial charge in [0.25, 0.3) is 0 Å². The van der Waals surface area contributed by atoms with Gasteiger partial charge in [-0.1, -0.05) is 17.7 Å². The van der Waals surface area contributed by atoms with Gasteiger partial charge in [0.2, 0.25) is 10.0 Å². The molecule has 2 heterocycles. The molecule has 0 aliphatic heterocycles. The van der Waals surface area contributed by atoms with Crippen molar-refractivity contribution < 1.29 is 8.42 Å². The molecule has 0 radical (unpaired) electrons. The predicted octanol–water partition coefficient (Wildman–Crippen LogP) is 3.04. The fraction of sp³-hybridized carbons (Fsp3) is 0.100. The molecule has 18 heavy (non-hydrogen) atoms. The monoisotopic (exact) mass is 366 g/mol. The molecule has 4 nitrogen and oxygen atoms in total. The van der Waals surface area contributed by atoms with Crippen LogP contribution in [0.25, 0.3) is 0 Å². The van der Waals surface area contributed by atoms with E-state index in [0.717, 1.165) is 4.88 Å². The Kier molecular flexibility index (Phi) is 4.39. The number of hydrogen-bond acceptors (Lipinski definition) is 4. The van der Waals surface area contributed by atoms with Crippen LogP contribution in [0, 0.1) is 0 Å². The molecule has 2 rings (SSSR count). The molecule has 0 fully saturated rings. The maximum absolute atomic E-state index is 12.0. The molecule has 96 valence electrons. The van der Waals surface area contributed by atoms with E-state index >= 15 is 0 Å². The van der Waals surface area contributed by atoms with Crippen molar-refractivity contribution in [2.24, 2.45) is 0 Å². The van der Waals surface area contributed by atoms with Gasteiger partial charge >= 0.3 is 0 Å². The second-order valence-electron chi connectivity index (χ2n) is 3.35. The van der Waals surface area contributed by atoms with Gasteiger partial charge in [-0.2, -0.15) is 0 Å². The second-order valence-corrected chi connectivity index (χ2v) is 7.39. The highest BCUT2D eigenvalue weighted by molar-refractivity contribution is 9.10. The van der Waals surface area contributed by atoms with Gasteiger partial charge in [0, 0.05) is 22.1 Å². The van der Waals surface area contributed by atoms with Gasteiger partial charge in [0.1, 0.15) is 10.0 Å². The van der Waals surface area contributed by atoms with Crippen LogP contribution >= 0.6 is 38.9 Å². The first-order valence-electron chi connectivity index (χ1n) is 4.82. The summed E-state index contributed by atoms with van der Waals surface area (Å²) in [7, 11) is -3.66. The topological polar surface area (TPSA) is 59.1 Å². The number of sulfonamides is 1. The van der Waals surface area contributed by atoms with Crippen LogP contribution in [0.5, 0.6) is 0 Å². The molecule has 0 aliphatic carbocycles. The SMILES string of the molecule is O=S(=O)(NCc1cccs1)c1cc(Br)cnc1Cl. The molecule has 0 spiro atoms. The largest absolute Gasteiger partial charge is 0.244 e. The number of rotatable bonds is 4. The highest BCUT2D eigenvalue weighted by Crippen LogP contribution is 2.22. The molecule has 0 unspecified atom stereocenters. The molecule has 8 heteroatoms. The summed E-state index contributed by atoms with van der Waals surface area (Å²) in [5, 5.41) is 1.84. The molecular formula is C10H8BrClN2O2S2. The first kappa shape index (κ1) is 14.0. The van der Waals surface area contributed by atoms with Crippen molar-refractivity contribution in [2.45, 2.75) is 11.4 Å². The van der Waals surface area contributed by atoms with Crippen LogP contribution < -0.4 is 4.72 Å². The third-order valence-corrected chi connectivity index (χ3v) is 5.22. The maximum atomic E-state index is 12.0. The lowest BCUT2D eigenvalue weighted by Gasteiger charge is -2.07. The summed E-state index contributed by atoms with van der Waals surface area (Å²) in [6.07, 6.45) is 1.45. The van der Waals surface area contributed by atoms with Crippen LogP contribution in [0.4, 0.5) is 0 Å². The van der Waals surface area contributed by atoms with E-state index in [1.54, 1.807) is 0 Å². The van der Waals surface area contributed by atoms with Crippen LogP contribution in [0.1, 0.15) is 4.88 Å². The summed E-state index contributed by atoms with van der Waals surface area (Å²) in [6, 6.07) is 5.14. The fourth-order valence-electron chi connectivity index (χ4n) is 1.25. The summed E-state index contributed by atoms with van der Waals surface area (Å²) in [5.74, 6) is 0. The minimum absolute atomic E-state index is 0.0323. The molecular weight excluding hydrogens is 360 g/mol. The van der Waals surface area contributed by atoms with Crippen molar-refractivity contribution in [3.8, 4) is 0 Å². The second kappa shape index (κ2) is 5.66. The van der Waals surface area contributed by atoms with E-state index in [0.29, 0.717) is 4.47 Å². The number of aromatic nitrogens is 1. The van der Waals surface area contributed by atoms with Gasteiger partial charge in [0.05, 0.1) is 0 Å². The molecule has 0 saturated carbocycles. The Morgan fingerprint density at radius 3 is 2.94 bits per heavy atom. The van der Waals surface area contributed by atoms with Gasteiger partial charge in [-0.3, -0.25) is 0 Å². The van der Waals surface area contributed by atoms with Crippen LogP contribution in [0.2, 0.25) is 5.15 Å². The Morgan fingerprint density at radius 2 is 2.28 bits per heavy atom. The highest BCUT2D eigenvalue weighted by atomic mass is 79.9. The number of halogens is 2. The van der Waals surface area contributed by atoms with E-state index < -0.39 is 10.0 Å². The molecule has 0 saturated heterocycles. The van der Waals surface area contributed by atoms with Crippen LogP contribution in [0.15, 0.2) is 39.1 Å². The van der Waals surface area contributed by atoms with Crippen molar-refractivity contribution >= 4 is 48.9 Å². The molecule has 0 aliphatic rings. The fourth-order valence-corrected chi connectivity index (χ4v) is 3.93. The van der Waals surface area contributed by atoms with Crippen molar-refractivity contribution in [1.82, 2.24) is 9.71 Å². The molecule has 2 aromatic rings. The van der Waals surface area contributed by atoms with Crippen molar-refractivity contribution in [1.29, 1.82) is 0 Å². The van der Waals surface area contributed by atoms with E-state index in [1.165, 1.54) is 23.6 Å². The smallest absolute Gasteiger partial charge is 0.242 e. The van der Waals surface area contributed by atoms with E-state index in [4.69, 9.17) is 11.6 Å². The quantitative estimate of drug-likeness (QED) is 0.845. The lowest BCUT2D eigenvalue weighted by Crippen LogP contribution is -2.23. The van der Waals surface area contributed by atoms with E-state index in [9.17, 15) is 8.42 Å². The zero-order valence-electron chi connectivity index (χ0n) is 8.93. The standard InChI is InChI=1S/C10H8BrClN2O2S2/c11-7-4-9(10(12)13-5-7)18(15,16)14-6-8-2-1-3-17-8/h1-5,14H,6H2. The Labute approximate surface area is 122 Å². The van der Waals surface area contributed by atoms with Crippen LogP contribution in [0.3, 0.4) is 0 Å². The number of hydrogen-bond donors (Lipinski definition) is 1. The number of pyridine rings is 1. The van der Waals surface area contributed by atoms with Crippen molar-refractivity contribution in [3.05, 3.63) is 44.3 Å². The predicted molar refractivity (Wildman–Crippen MR) is 75.3 cm³/mol. The average Bonchev–Trinajstić information content (AvgIpc) is 2.83. The van der Waals surface area contributed by atoms with Crippen molar-refractivity contribution in [2.75, 3.05) is 0 Å². The Balaban J connectivity index is 2.22. The lowest BCUT2D eigenvalue weighted by atomic mass is 10.5. The van der Waals surface area contributed by atoms with E-state index in [-0.39, 0.29) is 16.6 Å². The summed E-state index contributed by atoms with van der Waals surface area (Å²) in [4.78, 5) is 4.69. The van der Waals surface area contributed by atoms with Crippen molar-refractivity contribution in [3.63, 3.8) is 0 Å². The summed E-state index contributed by atoms with van der Waals surface area (Å²) in [6.45, 7) is 0.239. The molecule has 1 N–H and O–H groups in total. The third-order valence-electron chi connectivity index (χ3n) is 2.08. The minimum atomic E-state index is -3.66. The summed E-state index contributed by atoms with van der Waals surface area (Å²) in [5.41, 5.74) is 0. The first-order chi connectivity index (χ1) is 8.49. The molecule has 0 aromatic carbocycles. The van der Waals surface area contributed by atoms with Crippen LogP contribution in [-0.2, 0) is 16.6 Å². The van der Waals surface area contributed by atoms with Gasteiger partial charge < -0.3 is 0 Å². The lowest BCUT2D eigenvalue weighted by molar-refractivity contribution is 0.581. The third kappa shape index (κ3) is 3.30. The molecule has 0 atom stereocenters. The Morgan fingerprint density at radius 1 is 1.50 bits per heavy atom. The van der Waals surface area contributed by atoms with Gasteiger partial charge in [0.15, 0.2) is 0 Å². The van der Waals surface area contributed by atoms with Gasteiger partial charge in [-0.25, -0.2) is 18.1 Å². The Hall–Kier alpha value is -0.470. The minimum Gasteiger partial charge on any atom is -0.242 e. The normalized spacial score (nSPS) is 11.7. The summed E-state index contributed by atoms with van der Waals surface area (Å²) < 4.78 is 27.1. The number of thiophene rings is 1. The van der Waals surface area contributed by atoms with E-state index in [1.807, 2.05) is 17.5 Å². The summed E-state index contributed by atoms with van der Waals surface area (Å²) >= 11 is 10.4. The number of nitrogens with zero attached hydrogens (tertiary/aromatic N) is 1. The number of nitrogens with one attached hydrogen (secondary N) is 1. The maximum Gasteiger partial charge on any atom is 0.244 e.